The Balaban J connectivity index is 1.71. The Hall–Kier alpha value is -1.70. The van der Waals surface area contributed by atoms with E-state index in [1.165, 1.54) is 17.2 Å². The third-order valence-electron chi connectivity index (χ3n) is 4.12. The first-order valence-corrected chi connectivity index (χ1v) is 10.5. The fourth-order valence-electron chi connectivity index (χ4n) is 2.83. The van der Waals surface area contributed by atoms with Gasteiger partial charge in [0, 0.05) is 11.1 Å². The molecule has 3 rings (SSSR count). The maximum absolute atomic E-state index is 12.7. The first-order chi connectivity index (χ1) is 12.3. The molecule has 0 N–H and O–H groups in total. The zero-order valence-electron chi connectivity index (χ0n) is 13.7. The molecule has 1 aliphatic rings. The average molecular weight is 418 g/mol. The first kappa shape index (κ1) is 19.1. The Labute approximate surface area is 161 Å². The Morgan fingerprint density at radius 2 is 2.12 bits per heavy atom. The molecule has 1 amide bonds. The number of amides is 1. The van der Waals surface area contributed by atoms with E-state index < -0.39 is 15.9 Å². The molecule has 6 nitrogen and oxygen atoms in total. The van der Waals surface area contributed by atoms with Gasteiger partial charge in [-0.25, -0.2) is 8.42 Å². The number of sulfone groups is 1. The monoisotopic (exact) mass is 417 g/mol. The van der Waals surface area contributed by atoms with Crippen LogP contribution in [0.2, 0.25) is 10.0 Å². The van der Waals surface area contributed by atoms with E-state index in [0.717, 1.165) is 0 Å². The van der Waals surface area contributed by atoms with Crippen molar-refractivity contribution in [2.45, 2.75) is 19.0 Å². The van der Waals surface area contributed by atoms with E-state index in [1.54, 1.807) is 24.3 Å². The van der Waals surface area contributed by atoms with Gasteiger partial charge in [0.25, 0.3) is 5.91 Å². The second-order valence-corrected chi connectivity index (χ2v) is 9.09. The smallest absolute Gasteiger partial charge is 0.261 e. The summed E-state index contributed by atoms with van der Waals surface area (Å²) in [7, 11) is -3.13. The average Bonchev–Trinajstić information content (AvgIpc) is 3.20. The number of rotatable bonds is 6. The summed E-state index contributed by atoms with van der Waals surface area (Å²) in [6.07, 6.45) is 1.91. The van der Waals surface area contributed by atoms with E-state index in [1.807, 2.05) is 0 Å². The number of ether oxygens (including phenoxy) is 1. The van der Waals surface area contributed by atoms with E-state index in [4.69, 9.17) is 32.4 Å². The molecule has 2 aromatic rings. The van der Waals surface area contributed by atoms with Gasteiger partial charge in [-0.05, 0) is 36.8 Å². The van der Waals surface area contributed by atoms with Crippen LogP contribution in [0.25, 0.3) is 0 Å². The van der Waals surface area contributed by atoms with Crippen LogP contribution >= 0.6 is 23.2 Å². The third-order valence-corrected chi connectivity index (χ3v) is 6.40. The number of hydrogen-bond acceptors (Lipinski definition) is 5. The molecule has 1 fully saturated rings. The lowest BCUT2D eigenvalue weighted by molar-refractivity contribution is -0.136. The molecular weight excluding hydrogens is 401 g/mol. The Morgan fingerprint density at radius 1 is 1.31 bits per heavy atom. The van der Waals surface area contributed by atoms with Crippen LogP contribution in [0.1, 0.15) is 12.2 Å². The van der Waals surface area contributed by atoms with Crippen LogP contribution in [-0.2, 0) is 21.2 Å². The molecule has 1 aromatic heterocycles. The van der Waals surface area contributed by atoms with Gasteiger partial charge >= 0.3 is 0 Å². The number of furan rings is 1. The van der Waals surface area contributed by atoms with E-state index in [-0.39, 0.29) is 30.6 Å². The largest absolute Gasteiger partial charge is 0.482 e. The molecule has 0 radical (unpaired) electrons. The van der Waals surface area contributed by atoms with Crippen LogP contribution in [0.5, 0.6) is 5.75 Å². The van der Waals surface area contributed by atoms with Gasteiger partial charge < -0.3 is 14.1 Å². The van der Waals surface area contributed by atoms with Crippen LogP contribution in [0.15, 0.2) is 41.0 Å². The summed E-state index contributed by atoms with van der Waals surface area (Å²) in [5.74, 6) is 0.591. The topological polar surface area (TPSA) is 76.8 Å². The minimum absolute atomic E-state index is 0.0544. The number of nitrogens with zero attached hydrogens (tertiary/aromatic N) is 1. The zero-order chi connectivity index (χ0) is 18.7. The van der Waals surface area contributed by atoms with Gasteiger partial charge in [0.05, 0.1) is 29.3 Å². The number of carbonyl (C=O) groups is 1. The van der Waals surface area contributed by atoms with Crippen LogP contribution in [-0.4, -0.2) is 43.4 Å². The third kappa shape index (κ3) is 4.72. The van der Waals surface area contributed by atoms with Crippen molar-refractivity contribution in [1.82, 2.24) is 4.90 Å². The highest BCUT2D eigenvalue weighted by Crippen LogP contribution is 2.28. The Morgan fingerprint density at radius 3 is 2.73 bits per heavy atom. The predicted octanol–water partition coefficient (Wildman–Crippen LogP) is 3.18. The summed E-state index contributed by atoms with van der Waals surface area (Å²) in [6.45, 7) is -0.0810. The normalized spacial score (nSPS) is 18.6. The van der Waals surface area contributed by atoms with E-state index in [2.05, 4.69) is 0 Å². The predicted molar refractivity (Wildman–Crippen MR) is 98.3 cm³/mol. The maximum atomic E-state index is 12.7. The second kappa shape index (κ2) is 7.90. The number of hydrogen-bond donors (Lipinski definition) is 0. The quantitative estimate of drug-likeness (QED) is 0.720. The van der Waals surface area contributed by atoms with E-state index in [9.17, 15) is 13.2 Å². The SMILES string of the molecule is O=C(COc1ccc(Cl)cc1Cl)N(Cc1ccco1)[C@H]1CCS(=O)(=O)C1. The summed E-state index contributed by atoms with van der Waals surface area (Å²) in [6, 6.07) is 7.76. The van der Waals surface area contributed by atoms with Gasteiger partial charge in [-0.1, -0.05) is 23.2 Å². The van der Waals surface area contributed by atoms with Crippen molar-refractivity contribution in [2.24, 2.45) is 0 Å². The minimum atomic E-state index is -3.13. The van der Waals surface area contributed by atoms with Crippen LogP contribution in [0.4, 0.5) is 0 Å². The lowest BCUT2D eigenvalue weighted by Gasteiger charge is -2.27. The molecule has 9 heteroatoms. The van der Waals surface area contributed by atoms with Gasteiger partial charge in [-0.3, -0.25) is 4.79 Å². The van der Waals surface area contributed by atoms with Crippen LogP contribution in [0, 0.1) is 0 Å². The molecule has 0 bridgehead atoms. The summed E-state index contributed by atoms with van der Waals surface area (Å²) in [5.41, 5.74) is 0. The summed E-state index contributed by atoms with van der Waals surface area (Å²) >= 11 is 11.9. The van der Waals surface area contributed by atoms with Crippen LogP contribution in [0.3, 0.4) is 0 Å². The van der Waals surface area contributed by atoms with Crippen molar-refractivity contribution in [2.75, 3.05) is 18.1 Å². The zero-order valence-corrected chi connectivity index (χ0v) is 16.1. The fraction of sp³-hybridized carbons (Fsp3) is 0.353. The Kier molecular flexibility index (Phi) is 5.79. The lowest BCUT2D eigenvalue weighted by Crippen LogP contribution is -2.43. The highest BCUT2D eigenvalue weighted by Gasteiger charge is 2.35. The summed E-state index contributed by atoms with van der Waals surface area (Å²) in [4.78, 5) is 14.2. The number of benzene rings is 1. The molecule has 1 saturated heterocycles. The van der Waals surface area contributed by atoms with Crippen molar-refractivity contribution in [3.63, 3.8) is 0 Å². The minimum Gasteiger partial charge on any atom is -0.482 e. The van der Waals surface area contributed by atoms with Crippen molar-refractivity contribution in [1.29, 1.82) is 0 Å². The molecule has 2 heterocycles. The van der Waals surface area contributed by atoms with E-state index in [0.29, 0.717) is 28.0 Å². The Bertz CT molecular complexity index is 883. The molecular formula is C17H17Cl2NO5S. The van der Waals surface area contributed by atoms with Crippen molar-refractivity contribution in [3.8, 4) is 5.75 Å². The van der Waals surface area contributed by atoms with Crippen molar-refractivity contribution < 1.29 is 22.4 Å². The summed E-state index contributed by atoms with van der Waals surface area (Å²) < 4.78 is 34.4. The maximum Gasteiger partial charge on any atom is 0.261 e. The number of carbonyl (C=O) groups excluding carboxylic acids is 1. The standard InChI is InChI=1S/C17H17Cl2NO5S/c18-12-3-4-16(15(19)8-12)25-10-17(21)20(9-14-2-1-6-24-14)13-5-7-26(22,23)11-13/h1-4,6,8,13H,5,7,9-11H2/t13-/m0/s1. The summed E-state index contributed by atoms with van der Waals surface area (Å²) in [5, 5.41) is 0.760. The molecule has 1 aromatic carbocycles. The van der Waals surface area contributed by atoms with Crippen molar-refractivity contribution >= 4 is 38.9 Å². The first-order valence-electron chi connectivity index (χ1n) is 7.94. The van der Waals surface area contributed by atoms with Gasteiger partial charge in [0.2, 0.25) is 0 Å². The molecule has 1 atom stereocenters. The van der Waals surface area contributed by atoms with Crippen LogP contribution < -0.4 is 4.74 Å². The van der Waals surface area contributed by atoms with Gasteiger partial charge in [-0.2, -0.15) is 0 Å². The highest BCUT2D eigenvalue weighted by atomic mass is 35.5. The molecule has 140 valence electrons. The van der Waals surface area contributed by atoms with Gasteiger partial charge in [0.15, 0.2) is 16.4 Å². The van der Waals surface area contributed by atoms with Crippen molar-refractivity contribution in [3.05, 3.63) is 52.4 Å². The lowest BCUT2D eigenvalue weighted by atomic mass is 10.2. The fourth-order valence-corrected chi connectivity index (χ4v) is 5.02. The molecule has 0 aliphatic carbocycles. The van der Waals surface area contributed by atoms with E-state index >= 15 is 0 Å². The second-order valence-electron chi connectivity index (χ2n) is 6.02. The molecule has 0 saturated carbocycles. The molecule has 26 heavy (non-hydrogen) atoms. The molecule has 0 unspecified atom stereocenters. The number of halogens is 2. The van der Waals surface area contributed by atoms with Gasteiger partial charge in [0.1, 0.15) is 11.5 Å². The molecule has 0 spiro atoms. The van der Waals surface area contributed by atoms with Gasteiger partial charge in [-0.15, -0.1) is 0 Å². The highest BCUT2D eigenvalue weighted by molar-refractivity contribution is 7.91. The molecule has 1 aliphatic heterocycles.